The molecule has 0 bridgehead atoms. The van der Waals surface area contributed by atoms with E-state index < -0.39 is 0 Å². The van der Waals surface area contributed by atoms with E-state index in [1.807, 2.05) is 42.5 Å². The van der Waals surface area contributed by atoms with Gasteiger partial charge in [0, 0.05) is 12.6 Å². The third-order valence-electron chi connectivity index (χ3n) is 4.46. The van der Waals surface area contributed by atoms with Gasteiger partial charge in [-0.2, -0.15) is 0 Å². The van der Waals surface area contributed by atoms with Gasteiger partial charge in [0.05, 0.1) is 13.0 Å². The van der Waals surface area contributed by atoms with Crippen LogP contribution >= 0.6 is 0 Å². The molecule has 0 atom stereocenters. The van der Waals surface area contributed by atoms with Crippen LogP contribution in [0.25, 0.3) is 21.9 Å². The molecule has 4 rings (SSSR count). The molecule has 0 fully saturated rings. The monoisotopic (exact) mass is 373 g/mol. The van der Waals surface area contributed by atoms with Gasteiger partial charge in [0.25, 0.3) is 0 Å². The lowest BCUT2D eigenvalue weighted by atomic mass is 10.0. The molecule has 6 heteroatoms. The Labute approximate surface area is 161 Å². The van der Waals surface area contributed by atoms with Crippen LogP contribution in [-0.2, 0) is 16.0 Å². The predicted molar refractivity (Wildman–Crippen MR) is 108 cm³/mol. The third-order valence-corrected chi connectivity index (χ3v) is 4.46. The number of carbonyl (C=O) groups is 2. The number of aryl methyl sites for hydroxylation is 1. The molecule has 0 spiro atoms. The minimum absolute atomic E-state index is 0.0977. The first-order valence-corrected chi connectivity index (χ1v) is 8.99. The number of hydrogen-bond acceptors (Lipinski definition) is 4. The Hall–Kier alpha value is -3.67. The molecular formula is C22H19N3O3. The normalized spacial score (nSPS) is 10.9. The summed E-state index contributed by atoms with van der Waals surface area (Å²) in [5.41, 5.74) is 2.88. The van der Waals surface area contributed by atoms with E-state index in [0.717, 1.165) is 16.3 Å². The minimum atomic E-state index is -0.300. The Kier molecular flexibility index (Phi) is 4.76. The van der Waals surface area contributed by atoms with Crippen molar-refractivity contribution in [3.63, 3.8) is 0 Å². The third kappa shape index (κ3) is 3.86. The molecule has 6 nitrogen and oxygen atoms in total. The van der Waals surface area contributed by atoms with E-state index in [0.29, 0.717) is 22.7 Å². The molecule has 0 aliphatic carbocycles. The van der Waals surface area contributed by atoms with Gasteiger partial charge < -0.3 is 15.1 Å². The Balaban J connectivity index is 1.35. The lowest BCUT2D eigenvalue weighted by Crippen LogP contribution is -2.33. The van der Waals surface area contributed by atoms with Crippen LogP contribution in [0.1, 0.15) is 11.5 Å². The number of nitrogens with one attached hydrogen (secondary N) is 2. The Morgan fingerprint density at radius 2 is 1.82 bits per heavy atom. The molecule has 28 heavy (non-hydrogen) atoms. The number of amides is 2. The number of oxazole rings is 1. The maximum Gasteiger partial charge on any atom is 0.243 e. The summed E-state index contributed by atoms with van der Waals surface area (Å²) in [7, 11) is 0. The van der Waals surface area contributed by atoms with Gasteiger partial charge >= 0.3 is 0 Å². The van der Waals surface area contributed by atoms with Crippen molar-refractivity contribution < 1.29 is 14.0 Å². The van der Waals surface area contributed by atoms with Crippen molar-refractivity contribution >= 4 is 39.4 Å². The van der Waals surface area contributed by atoms with Gasteiger partial charge in [0.2, 0.25) is 11.8 Å². The molecule has 0 saturated carbocycles. The first-order valence-electron chi connectivity index (χ1n) is 8.99. The van der Waals surface area contributed by atoms with Crippen molar-refractivity contribution in [3.05, 3.63) is 72.1 Å². The zero-order chi connectivity index (χ0) is 19.5. The minimum Gasteiger partial charge on any atom is -0.441 e. The van der Waals surface area contributed by atoms with Crippen molar-refractivity contribution in [1.82, 2.24) is 10.3 Å². The fourth-order valence-electron chi connectivity index (χ4n) is 3.19. The topological polar surface area (TPSA) is 84.2 Å². The van der Waals surface area contributed by atoms with Gasteiger partial charge in [-0.3, -0.25) is 9.59 Å². The number of hydrogen-bond donors (Lipinski definition) is 2. The molecule has 4 aromatic rings. The summed E-state index contributed by atoms with van der Waals surface area (Å²) >= 11 is 0. The second kappa shape index (κ2) is 7.52. The SMILES string of the molecule is Cc1nc2cc(NC(=O)CNC(=O)Cc3cccc4ccccc34)ccc2o1. The van der Waals surface area contributed by atoms with E-state index in [2.05, 4.69) is 15.6 Å². The molecule has 0 aliphatic rings. The Morgan fingerprint density at radius 3 is 2.71 bits per heavy atom. The molecule has 2 amide bonds. The number of aromatic nitrogens is 1. The summed E-state index contributed by atoms with van der Waals surface area (Å²) in [4.78, 5) is 28.7. The van der Waals surface area contributed by atoms with E-state index in [9.17, 15) is 9.59 Å². The molecule has 3 aromatic carbocycles. The van der Waals surface area contributed by atoms with Crippen LogP contribution in [0.2, 0.25) is 0 Å². The fourth-order valence-corrected chi connectivity index (χ4v) is 3.19. The van der Waals surface area contributed by atoms with E-state index in [-0.39, 0.29) is 24.8 Å². The zero-order valence-electron chi connectivity index (χ0n) is 15.4. The smallest absolute Gasteiger partial charge is 0.243 e. The molecule has 1 aromatic heterocycles. The van der Waals surface area contributed by atoms with Gasteiger partial charge in [-0.1, -0.05) is 42.5 Å². The van der Waals surface area contributed by atoms with Crippen LogP contribution in [0.4, 0.5) is 5.69 Å². The number of carbonyl (C=O) groups excluding carboxylic acids is 2. The van der Waals surface area contributed by atoms with Crippen LogP contribution in [0.3, 0.4) is 0 Å². The van der Waals surface area contributed by atoms with E-state index in [4.69, 9.17) is 4.42 Å². The maximum atomic E-state index is 12.3. The number of fused-ring (bicyclic) bond motifs is 2. The molecule has 0 saturated heterocycles. The number of anilines is 1. The molecule has 2 N–H and O–H groups in total. The van der Waals surface area contributed by atoms with E-state index in [1.54, 1.807) is 25.1 Å². The largest absolute Gasteiger partial charge is 0.441 e. The second-order valence-electron chi connectivity index (χ2n) is 6.56. The van der Waals surface area contributed by atoms with Crippen molar-refractivity contribution in [3.8, 4) is 0 Å². The summed E-state index contributed by atoms with van der Waals surface area (Å²) in [5, 5.41) is 7.56. The van der Waals surface area contributed by atoms with Crippen molar-refractivity contribution in [1.29, 1.82) is 0 Å². The average Bonchev–Trinajstić information content (AvgIpc) is 3.06. The highest BCUT2D eigenvalue weighted by Crippen LogP contribution is 2.20. The van der Waals surface area contributed by atoms with Gasteiger partial charge in [-0.25, -0.2) is 4.98 Å². The summed E-state index contributed by atoms with van der Waals surface area (Å²) < 4.78 is 5.41. The number of benzene rings is 3. The molecular weight excluding hydrogens is 354 g/mol. The maximum absolute atomic E-state index is 12.3. The van der Waals surface area contributed by atoms with Gasteiger partial charge in [-0.15, -0.1) is 0 Å². The first kappa shape index (κ1) is 17.7. The molecule has 0 unspecified atom stereocenters. The molecule has 140 valence electrons. The van der Waals surface area contributed by atoms with Crippen molar-refractivity contribution in [2.45, 2.75) is 13.3 Å². The van der Waals surface area contributed by atoms with Crippen molar-refractivity contribution in [2.75, 3.05) is 11.9 Å². The highest BCUT2D eigenvalue weighted by Gasteiger charge is 2.10. The highest BCUT2D eigenvalue weighted by atomic mass is 16.3. The van der Waals surface area contributed by atoms with E-state index in [1.165, 1.54) is 0 Å². The van der Waals surface area contributed by atoms with Crippen LogP contribution in [-0.4, -0.2) is 23.3 Å². The quantitative estimate of drug-likeness (QED) is 0.560. The van der Waals surface area contributed by atoms with Gasteiger partial charge in [-0.05, 0) is 34.5 Å². The summed E-state index contributed by atoms with van der Waals surface area (Å²) in [6.45, 7) is 1.67. The highest BCUT2D eigenvalue weighted by molar-refractivity contribution is 5.97. The van der Waals surface area contributed by atoms with Crippen LogP contribution in [0.15, 0.2) is 65.1 Å². The number of nitrogens with zero attached hydrogens (tertiary/aromatic N) is 1. The lowest BCUT2D eigenvalue weighted by molar-refractivity contribution is -0.123. The van der Waals surface area contributed by atoms with Crippen LogP contribution in [0, 0.1) is 6.92 Å². The average molecular weight is 373 g/mol. The number of rotatable bonds is 5. The Morgan fingerprint density at radius 1 is 1.00 bits per heavy atom. The van der Waals surface area contributed by atoms with Crippen LogP contribution < -0.4 is 10.6 Å². The predicted octanol–water partition coefficient (Wildman–Crippen LogP) is 3.59. The van der Waals surface area contributed by atoms with Gasteiger partial charge in [0.1, 0.15) is 5.52 Å². The fraction of sp³-hybridized carbons (Fsp3) is 0.136. The molecule has 0 aliphatic heterocycles. The standard InChI is InChI=1S/C22H19N3O3/c1-14-24-19-12-17(9-10-20(19)28-14)25-22(27)13-23-21(26)11-16-7-4-6-15-5-2-3-8-18(15)16/h2-10,12H,11,13H2,1H3,(H,23,26)(H,25,27). The van der Waals surface area contributed by atoms with Gasteiger partial charge in [0.15, 0.2) is 11.5 Å². The van der Waals surface area contributed by atoms with Crippen molar-refractivity contribution in [2.24, 2.45) is 0 Å². The summed E-state index contributed by atoms with van der Waals surface area (Å²) in [5.74, 6) is 0.0686. The zero-order valence-corrected chi connectivity index (χ0v) is 15.4. The van der Waals surface area contributed by atoms with Crippen LogP contribution in [0.5, 0.6) is 0 Å². The lowest BCUT2D eigenvalue weighted by Gasteiger charge is -2.09. The summed E-state index contributed by atoms with van der Waals surface area (Å²) in [6.07, 6.45) is 0.221. The van der Waals surface area contributed by atoms with E-state index >= 15 is 0 Å². The molecule has 0 radical (unpaired) electrons. The molecule has 1 heterocycles. The second-order valence-corrected chi connectivity index (χ2v) is 6.56. The Bertz CT molecular complexity index is 1170. The summed E-state index contributed by atoms with van der Waals surface area (Å²) in [6, 6.07) is 19.0. The first-order chi connectivity index (χ1) is 13.6.